The van der Waals surface area contributed by atoms with Crippen LogP contribution < -0.4 is 10.9 Å². The van der Waals surface area contributed by atoms with Gasteiger partial charge in [-0.25, -0.2) is 4.98 Å². The van der Waals surface area contributed by atoms with Gasteiger partial charge in [-0.15, -0.1) is 0 Å². The van der Waals surface area contributed by atoms with Crippen LogP contribution in [-0.4, -0.2) is 32.0 Å². The molecule has 2 rings (SSSR count). The first-order valence-corrected chi connectivity index (χ1v) is 8.08. The number of unbranched alkanes of at least 4 members (excludes halogenated alkanes) is 2. The van der Waals surface area contributed by atoms with E-state index in [1.165, 1.54) is 0 Å². The number of aromatic amines is 1. The van der Waals surface area contributed by atoms with E-state index in [2.05, 4.69) is 27.2 Å². The van der Waals surface area contributed by atoms with Crippen LogP contribution in [-0.2, 0) is 0 Å². The molecule has 0 saturated heterocycles. The van der Waals surface area contributed by atoms with Gasteiger partial charge in [0.25, 0.3) is 11.5 Å². The Balaban J connectivity index is 2.21. The molecule has 0 radical (unpaired) electrons. The number of hydrogen-bond acceptors (Lipinski definition) is 5. The Kier molecular flexibility index (Phi) is 6.06. The van der Waals surface area contributed by atoms with Gasteiger partial charge in [-0.05, 0) is 25.5 Å². The monoisotopic (exact) mass is 330 g/mol. The molecule has 0 aliphatic carbocycles. The Morgan fingerprint density at radius 1 is 1.38 bits per heavy atom. The van der Waals surface area contributed by atoms with Crippen LogP contribution in [0, 0.1) is 0 Å². The second-order valence-electron chi connectivity index (χ2n) is 5.70. The summed E-state index contributed by atoms with van der Waals surface area (Å²) in [6.45, 7) is 4.00. The van der Waals surface area contributed by atoms with E-state index in [1.54, 1.807) is 24.4 Å². The molecule has 0 spiro atoms. The van der Waals surface area contributed by atoms with Gasteiger partial charge in [-0.1, -0.05) is 32.3 Å². The summed E-state index contributed by atoms with van der Waals surface area (Å²) in [5, 5.41) is 12.6. The van der Waals surface area contributed by atoms with Crippen molar-refractivity contribution in [1.29, 1.82) is 0 Å². The maximum Gasteiger partial charge on any atom is 0.294 e. The fraction of sp³-hybridized carbons (Fsp3) is 0.412. The number of aromatic hydroxyl groups is 1. The highest BCUT2D eigenvalue weighted by molar-refractivity contribution is 5.95. The highest BCUT2D eigenvalue weighted by Gasteiger charge is 2.20. The average molecular weight is 330 g/mol. The fourth-order valence-electron chi connectivity index (χ4n) is 2.31. The number of hydrogen-bond donors (Lipinski definition) is 3. The maximum absolute atomic E-state index is 12.3. The zero-order chi connectivity index (χ0) is 17.5. The van der Waals surface area contributed by atoms with Gasteiger partial charge in [0.05, 0.1) is 0 Å². The molecule has 0 bridgehead atoms. The molecule has 2 aromatic rings. The number of carbonyl (C=O) groups excluding carboxylic acids is 1. The summed E-state index contributed by atoms with van der Waals surface area (Å²) in [5.74, 6) is -1.12. The van der Waals surface area contributed by atoms with Crippen LogP contribution in [0.3, 0.4) is 0 Å². The SMILES string of the molecule is CCCCCC(C)NC(=O)c1nc(-c2ccccn2)[nH]c(=O)c1O. The first kappa shape index (κ1) is 17.7. The van der Waals surface area contributed by atoms with Crippen molar-refractivity contribution >= 4 is 5.91 Å². The van der Waals surface area contributed by atoms with Crippen molar-refractivity contribution in [1.82, 2.24) is 20.3 Å². The molecule has 0 saturated carbocycles. The molecule has 24 heavy (non-hydrogen) atoms. The quantitative estimate of drug-likeness (QED) is 0.675. The van der Waals surface area contributed by atoms with Gasteiger partial charge in [0, 0.05) is 12.2 Å². The number of rotatable bonds is 7. The lowest BCUT2D eigenvalue weighted by Gasteiger charge is -2.14. The standard InChI is InChI=1S/C17H22N4O3/c1-3-4-5-8-11(2)19-16(23)13-14(22)17(24)21-15(20-13)12-9-6-7-10-18-12/h6-7,9-11,22H,3-5,8H2,1-2H3,(H,19,23)(H,20,21,24). The zero-order valence-corrected chi connectivity index (χ0v) is 13.9. The molecule has 1 atom stereocenters. The lowest BCUT2D eigenvalue weighted by atomic mass is 10.1. The van der Waals surface area contributed by atoms with Gasteiger partial charge in [-0.3, -0.25) is 14.6 Å². The normalized spacial score (nSPS) is 11.9. The molecule has 0 aliphatic heterocycles. The maximum atomic E-state index is 12.3. The van der Waals surface area contributed by atoms with E-state index < -0.39 is 17.2 Å². The van der Waals surface area contributed by atoms with Gasteiger partial charge >= 0.3 is 0 Å². The van der Waals surface area contributed by atoms with Crippen LogP contribution in [0.1, 0.15) is 50.0 Å². The molecule has 7 nitrogen and oxygen atoms in total. The van der Waals surface area contributed by atoms with Gasteiger partial charge in [0.2, 0.25) is 5.75 Å². The summed E-state index contributed by atoms with van der Waals surface area (Å²) in [5.41, 5.74) is -0.643. The summed E-state index contributed by atoms with van der Waals surface area (Å²) in [6.07, 6.45) is 5.59. The summed E-state index contributed by atoms with van der Waals surface area (Å²) >= 11 is 0. The predicted octanol–water partition coefficient (Wildman–Crippen LogP) is 2.24. The largest absolute Gasteiger partial charge is 0.501 e. The Morgan fingerprint density at radius 3 is 2.83 bits per heavy atom. The summed E-state index contributed by atoms with van der Waals surface area (Å²) < 4.78 is 0. The molecule has 2 heterocycles. The molecule has 0 aromatic carbocycles. The second-order valence-corrected chi connectivity index (χ2v) is 5.70. The molecule has 1 unspecified atom stereocenters. The zero-order valence-electron chi connectivity index (χ0n) is 13.9. The lowest BCUT2D eigenvalue weighted by molar-refractivity contribution is 0.0929. The molecule has 0 fully saturated rings. The van der Waals surface area contributed by atoms with Gasteiger partial charge in [0.15, 0.2) is 11.5 Å². The predicted molar refractivity (Wildman–Crippen MR) is 90.8 cm³/mol. The van der Waals surface area contributed by atoms with Gasteiger partial charge in [-0.2, -0.15) is 0 Å². The van der Waals surface area contributed by atoms with E-state index in [9.17, 15) is 14.7 Å². The first-order chi connectivity index (χ1) is 11.5. The summed E-state index contributed by atoms with van der Waals surface area (Å²) in [4.78, 5) is 34.8. The minimum atomic E-state index is -0.769. The van der Waals surface area contributed by atoms with E-state index in [0.717, 1.165) is 25.7 Å². The smallest absolute Gasteiger partial charge is 0.294 e. The van der Waals surface area contributed by atoms with Crippen LogP contribution in [0.4, 0.5) is 0 Å². The minimum Gasteiger partial charge on any atom is -0.501 e. The fourth-order valence-corrected chi connectivity index (χ4v) is 2.31. The van der Waals surface area contributed by atoms with Crippen molar-refractivity contribution in [3.63, 3.8) is 0 Å². The molecule has 3 N–H and O–H groups in total. The number of aromatic nitrogens is 3. The second kappa shape index (κ2) is 8.24. The third kappa shape index (κ3) is 4.41. The molecular formula is C17H22N4O3. The Morgan fingerprint density at radius 2 is 2.17 bits per heavy atom. The van der Waals surface area contributed by atoms with E-state index in [-0.39, 0.29) is 17.6 Å². The summed E-state index contributed by atoms with van der Waals surface area (Å²) in [6, 6.07) is 5.06. The Labute approximate surface area is 140 Å². The van der Waals surface area contributed by atoms with E-state index in [0.29, 0.717) is 5.69 Å². The van der Waals surface area contributed by atoms with Crippen molar-refractivity contribution in [3.05, 3.63) is 40.4 Å². The first-order valence-electron chi connectivity index (χ1n) is 8.08. The molecule has 2 aromatic heterocycles. The number of pyridine rings is 1. The third-order valence-electron chi connectivity index (χ3n) is 3.64. The summed E-state index contributed by atoms with van der Waals surface area (Å²) in [7, 11) is 0. The van der Waals surface area contributed by atoms with Crippen molar-refractivity contribution in [2.75, 3.05) is 0 Å². The number of H-pyrrole nitrogens is 1. The van der Waals surface area contributed by atoms with Crippen molar-refractivity contribution < 1.29 is 9.90 Å². The third-order valence-corrected chi connectivity index (χ3v) is 3.64. The van der Waals surface area contributed by atoms with Gasteiger partial charge < -0.3 is 15.4 Å². The molecule has 0 aliphatic rings. The van der Waals surface area contributed by atoms with Crippen molar-refractivity contribution in [2.45, 2.75) is 45.6 Å². The Hall–Kier alpha value is -2.70. The van der Waals surface area contributed by atoms with E-state index in [1.807, 2.05) is 6.92 Å². The van der Waals surface area contributed by atoms with Crippen LogP contribution in [0.25, 0.3) is 11.5 Å². The molecule has 1 amide bonds. The van der Waals surface area contributed by atoms with Crippen molar-refractivity contribution in [3.8, 4) is 17.3 Å². The highest BCUT2D eigenvalue weighted by Crippen LogP contribution is 2.15. The lowest BCUT2D eigenvalue weighted by Crippen LogP contribution is -2.34. The Bertz CT molecular complexity index is 743. The molecule has 128 valence electrons. The number of amides is 1. The van der Waals surface area contributed by atoms with Crippen LogP contribution in [0.2, 0.25) is 0 Å². The van der Waals surface area contributed by atoms with Crippen LogP contribution in [0.5, 0.6) is 5.75 Å². The number of nitrogens with one attached hydrogen (secondary N) is 2. The van der Waals surface area contributed by atoms with Gasteiger partial charge in [0.1, 0.15) is 5.69 Å². The highest BCUT2D eigenvalue weighted by atomic mass is 16.3. The average Bonchev–Trinajstić information content (AvgIpc) is 2.58. The van der Waals surface area contributed by atoms with Crippen molar-refractivity contribution in [2.24, 2.45) is 0 Å². The molecule has 7 heteroatoms. The topological polar surface area (TPSA) is 108 Å². The number of nitrogens with zero attached hydrogens (tertiary/aromatic N) is 2. The van der Waals surface area contributed by atoms with Crippen LogP contribution in [0.15, 0.2) is 29.2 Å². The van der Waals surface area contributed by atoms with E-state index in [4.69, 9.17) is 0 Å². The van der Waals surface area contributed by atoms with Crippen LogP contribution >= 0.6 is 0 Å². The number of carbonyl (C=O) groups is 1. The van der Waals surface area contributed by atoms with E-state index >= 15 is 0 Å². The molecular weight excluding hydrogens is 308 g/mol. The minimum absolute atomic E-state index is 0.0668.